The number of sulfone groups is 1. The Morgan fingerprint density at radius 1 is 1.44 bits per heavy atom. The molecule has 2 N–H and O–H groups in total. The van der Waals surface area contributed by atoms with Crippen molar-refractivity contribution in [3.63, 3.8) is 0 Å². The zero-order valence-corrected chi connectivity index (χ0v) is 11.3. The molecule has 1 rings (SSSR count). The second-order valence-electron chi connectivity index (χ2n) is 3.34. The molecule has 0 amide bonds. The Morgan fingerprint density at radius 3 is 2.69 bits per heavy atom. The van der Waals surface area contributed by atoms with E-state index in [1.54, 1.807) is 18.2 Å². The van der Waals surface area contributed by atoms with Gasteiger partial charge in [-0.25, -0.2) is 8.42 Å². The van der Waals surface area contributed by atoms with Crippen molar-refractivity contribution in [2.45, 2.75) is 5.75 Å². The number of hydrogen-bond acceptors (Lipinski definition) is 4. The van der Waals surface area contributed by atoms with Gasteiger partial charge in [0.05, 0.1) is 18.6 Å². The predicted molar refractivity (Wildman–Crippen MR) is 67.2 cm³/mol. The molecule has 0 saturated carbocycles. The summed E-state index contributed by atoms with van der Waals surface area (Å²) in [6.45, 7) is 0.138. The molecule has 0 atom stereocenters. The van der Waals surface area contributed by atoms with E-state index in [0.29, 0.717) is 11.3 Å². The summed E-state index contributed by atoms with van der Waals surface area (Å²) in [4.78, 5) is 0. The molecule has 1 aromatic carbocycles. The second kappa shape index (κ2) is 5.65. The molecule has 0 bridgehead atoms. The van der Waals surface area contributed by atoms with Crippen LogP contribution in [-0.2, 0) is 15.6 Å². The number of methoxy groups -OCH3 is 1. The lowest BCUT2D eigenvalue weighted by Gasteiger charge is -2.09. The molecular weight excluding hydrogens is 294 g/mol. The van der Waals surface area contributed by atoms with Crippen molar-refractivity contribution >= 4 is 25.8 Å². The Hall–Kier alpha value is -0.590. The number of hydrogen-bond donors (Lipinski definition) is 1. The Morgan fingerprint density at radius 2 is 2.12 bits per heavy atom. The van der Waals surface area contributed by atoms with Crippen molar-refractivity contribution < 1.29 is 13.2 Å². The highest BCUT2D eigenvalue weighted by molar-refractivity contribution is 9.10. The summed E-state index contributed by atoms with van der Waals surface area (Å²) in [5, 5.41) is 0. The largest absolute Gasteiger partial charge is 0.496 e. The van der Waals surface area contributed by atoms with E-state index in [1.165, 1.54) is 7.11 Å². The Labute approximate surface area is 104 Å². The number of nitrogens with two attached hydrogens (primary N) is 1. The van der Waals surface area contributed by atoms with E-state index < -0.39 is 9.84 Å². The van der Waals surface area contributed by atoms with E-state index in [-0.39, 0.29) is 18.1 Å². The Balaban J connectivity index is 3.00. The Bertz CT molecular complexity index is 459. The topological polar surface area (TPSA) is 69.4 Å². The normalized spacial score (nSPS) is 11.4. The summed E-state index contributed by atoms with van der Waals surface area (Å²) in [6, 6.07) is 5.28. The van der Waals surface area contributed by atoms with Crippen LogP contribution >= 0.6 is 15.9 Å². The van der Waals surface area contributed by atoms with E-state index in [0.717, 1.165) is 4.47 Å². The van der Waals surface area contributed by atoms with Gasteiger partial charge in [-0.15, -0.1) is 0 Å². The molecule has 0 heterocycles. The highest BCUT2D eigenvalue weighted by Gasteiger charge is 2.14. The minimum atomic E-state index is -3.16. The monoisotopic (exact) mass is 307 g/mol. The maximum atomic E-state index is 11.6. The first-order valence-electron chi connectivity index (χ1n) is 4.71. The molecule has 0 aliphatic heterocycles. The molecule has 0 aromatic heterocycles. The van der Waals surface area contributed by atoms with E-state index in [2.05, 4.69) is 15.9 Å². The quantitative estimate of drug-likeness (QED) is 0.891. The van der Waals surface area contributed by atoms with Crippen molar-refractivity contribution in [3.05, 3.63) is 28.2 Å². The first-order valence-corrected chi connectivity index (χ1v) is 7.33. The van der Waals surface area contributed by atoms with Crippen LogP contribution in [0.3, 0.4) is 0 Å². The van der Waals surface area contributed by atoms with Gasteiger partial charge in [-0.3, -0.25) is 0 Å². The SMILES string of the molecule is COc1ccc(Br)cc1CS(=O)(=O)CCN. The molecule has 0 fully saturated rings. The van der Waals surface area contributed by atoms with Crippen molar-refractivity contribution in [3.8, 4) is 5.75 Å². The standard InChI is InChI=1S/C10H14BrNO3S/c1-15-10-3-2-9(11)6-8(10)7-16(13,14)5-4-12/h2-3,6H,4-5,7,12H2,1H3. The summed E-state index contributed by atoms with van der Waals surface area (Å²) in [7, 11) is -1.64. The summed E-state index contributed by atoms with van der Waals surface area (Å²) in [5.74, 6) is 0.513. The molecule has 0 radical (unpaired) electrons. The third-order valence-corrected chi connectivity index (χ3v) is 4.15. The van der Waals surface area contributed by atoms with Gasteiger partial charge < -0.3 is 10.5 Å². The van der Waals surface area contributed by atoms with E-state index in [9.17, 15) is 8.42 Å². The molecule has 16 heavy (non-hydrogen) atoms. The third kappa shape index (κ3) is 3.77. The highest BCUT2D eigenvalue weighted by atomic mass is 79.9. The fourth-order valence-corrected chi connectivity index (χ4v) is 2.96. The second-order valence-corrected chi connectivity index (χ2v) is 6.44. The van der Waals surface area contributed by atoms with Crippen LogP contribution in [0.25, 0.3) is 0 Å². The smallest absolute Gasteiger partial charge is 0.155 e. The van der Waals surface area contributed by atoms with Crippen molar-refractivity contribution in [2.75, 3.05) is 19.4 Å². The number of rotatable bonds is 5. The highest BCUT2D eigenvalue weighted by Crippen LogP contribution is 2.24. The van der Waals surface area contributed by atoms with Crippen LogP contribution in [0, 0.1) is 0 Å². The average molecular weight is 308 g/mol. The lowest BCUT2D eigenvalue weighted by Crippen LogP contribution is -2.17. The van der Waals surface area contributed by atoms with E-state index >= 15 is 0 Å². The van der Waals surface area contributed by atoms with Crippen LogP contribution in [0.1, 0.15) is 5.56 Å². The molecule has 0 aliphatic carbocycles. The molecule has 4 nitrogen and oxygen atoms in total. The predicted octanol–water partition coefficient (Wildman–Crippen LogP) is 1.33. The summed E-state index contributed by atoms with van der Waals surface area (Å²) < 4.78 is 29.2. The van der Waals surface area contributed by atoms with Gasteiger partial charge >= 0.3 is 0 Å². The summed E-state index contributed by atoms with van der Waals surface area (Å²) in [6.07, 6.45) is 0. The zero-order chi connectivity index (χ0) is 12.2. The maximum Gasteiger partial charge on any atom is 0.155 e. The van der Waals surface area contributed by atoms with E-state index in [1.807, 2.05) is 0 Å². The van der Waals surface area contributed by atoms with Gasteiger partial charge in [-0.05, 0) is 18.2 Å². The summed E-state index contributed by atoms with van der Waals surface area (Å²) in [5.41, 5.74) is 5.89. The van der Waals surface area contributed by atoms with Crippen molar-refractivity contribution in [2.24, 2.45) is 5.73 Å². The summed E-state index contributed by atoms with van der Waals surface area (Å²) >= 11 is 3.30. The molecule has 0 saturated heterocycles. The van der Waals surface area contributed by atoms with Crippen molar-refractivity contribution in [1.82, 2.24) is 0 Å². The van der Waals surface area contributed by atoms with Crippen molar-refractivity contribution in [1.29, 1.82) is 0 Å². The van der Waals surface area contributed by atoms with E-state index in [4.69, 9.17) is 10.5 Å². The third-order valence-electron chi connectivity index (χ3n) is 2.05. The van der Waals surface area contributed by atoms with Gasteiger partial charge in [0.25, 0.3) is 0 Å². The molecule has 0 unspecified atom stereocenters. The molecule has 6 heteroatoms. The Kier molecular flexibility index (Phi) is 4.76. The van der Waals surface area contributed by atoms with Crippen LogP contribution in [0.4, 0.5) is 0 Å². The number of halogens is 1. The molecule has 0 spiro atoms. The van der Waals surface area contributed by atoms with Gasteiger partial charge in [0, 0.05) is 16.6 Å². The van der Waals surface area contributed by atoms with Crippen LogP contribution in [-0.4, -0.2) is 27.8 Å². The maximum absolute atomic E-state index is 11.6. The van der Waals surface area contributed by atoms with Gasteiger partial charge in [-0.1, -0.05) is 15.9 Å². The van der Waals surface area contributed by atoms with Gasteiger partial charge in [0.2, 0.25) is 0 Å². The van der Waals surface area contributed by atoms with Crippen LogP contribution < -0.4 is 10.5 Å². The van der Waals surface area contributed by atoms with Crippen LogP contribution in [0.5, 0.6) is 5.75 Å². The molecular formula is C10H14BrNO3S. The minimum Gasteiger partial charge on any atom is -0.496 e. The van der Waals surface area contributed by atoms with Crippen LogP contribution in [0.2, 0.25) is 0 Å². The fourth-order valence-electron chi connectivity index (χ4n) is 1.35. The lowest BCUT2D eigenvalue weighted by atomic mass is 10.2. The molecule has 90 valence electrons. The molecule has 1 aromatic rings. The number of ether oxygens (including phenoxy) is 1. The average Bonchev–Trinajstić information content (AvgIpc) is 2.17. The first-order chi connectivity index (χ1) is 7.48. The lowest BCUT2D eigenvalue weighted by molar-refractivity contribution is 0.411. The fraction of sp³-hybridized carbons (Fsp3) is 0.400. The van der Waals surface area contributed by atoms with Crippen LogP contribution in [0.15, 0.2) is 22.7 Å². The minimum absolute atomic E-state index is 0.0112. The van der Waals surface area contributed by atoms with Gasteiger partial charge in [-0.2, -0.15) is 0 Å². The number of benzene rings is 1. The van der Waals surface area contributed by atoms with Gasteiger partial charge in [0.1, 0.15) is 5.75 Å². The zero-order valence-electron chi connectivity index (χ0n) is 8.94. The first kappa shape index (κ1) is 13.5. The van der Waals surface area contributed by atoms with Gasteiger partial charge in [0.15, 0.2) is 9.84 Å². The molecule has 0 aliphatic rings.